The number of carbonyl (C=O) groups is 3. The minimum Gasteiger partial charge on any atom is -0.308 e. The smallest absolute Gasteiger partial charge is 0.239 e. The first-order valence-electron chi connectivity index (χ1n) is 8.63. The Morgan fingerprint density at radius 3 is 2.52 bits per heavy atom. The third-order valence-electron chi connectivity index (χ3n) is 4.93. The summed E-state index contributed by atoms with van der Waals surface area (Å²) in [6.45, 7) is 3.24. The van der Waals surface area contributed by atoms with Crippen molar-refractivity contribution in [2.24, 2.45) is 0 Å². The molecule has 1 unspecified atom stereocenters. The second-order valence-electron chi connectivity index (χ2n) is 6.79. The van der Waals surface area contributed by atoms with Gasteiger partial charge in [0.2, 0.25) is 17.7 Å². The summed E-state index contributed by atoms with van der Waals surface area (Å²) in [5, 5.41) is 0. The molecule has 1 aromatic carbocycles. The van der Waals surface area contributed by atoms with Gasteiger partial charge in [0.05, 0.1) is 5.92 Å². The van der Waals surface area contributed by atoms with Crippen molar-refractivity contribution in [1.29, 1.82) is 0 Å². The number of anilines is 1. The van der Waals surface area contributed by atoms with E-state index in [-0.39, 0.29) is 30.2 Å². The molecule has 3 rings (SSSR count). The number of fused-ring (bicyclic) bond motifs is 1. The molecule has 1 atom stereocenters. The van der Waals surface area contributed by atoms with E-state index < -0.39 is 5.92 Å². The van der Waals surface area contributed by atoms with Crippen LogP contribution in [0.1, 0.15) is 37.7 Å². The van der Waals surface area contributed by atoms with Crippen LogP contribution in [0.15, 0.2) is 24.3 Å². The summed E-state index contributed by atoms with van der Waals surface area (Å²) in [4.78, 5) is 40.2. The fourth-order valence-corrected chi connectivity index (χ4v) is 3.64. The van der Waals surface area contributed by atoms with E-state index in [1.54, 1.807) is 0 Å². The number of hydrogen-bond donors (Lipinski definition) is 2. The summed E-state index contributed by atoms with van der Waals surface area (Å²) in [6.07, 6.45) is 1.89. The third kappa shape index (κ3) is 3.66. The van der Waals surface area contributed by atoms with E-state index >= 15 is 0 Å². The Labute approximate surface area is 147 Å². The number of amides is 3. The minimum atomic E-state index is -0.496. The zero-order chi connectivity index (χ0) is 18.0. The molecule has 0 aliphatic carbocycles. The van der Waals surface area contributed by atoms with Crippen LogP contribution in [0, 0.1) is 0 Å². The van der Waals surface area contributed by atoms with Gasteiger partial charge in [0, 0.05) is 25.1 Å². The van der Waals surface area contributed by atoms with Crippen molar-refractivity contribution < 1.29 is 14.4 Å². The molecule has 134 valence electrons. The molecule has 0 spiro atoms. The summed E-state index contributed by atoms with van der Waals surface area (Å²) in [6, 6.07) is 7.86. The lowest BCUT2D eigenvalue weighted by molar-refractivity contribution is -0.129. The first-order chi connectivity index (χ1) is 12.0. The number of likely N-dealkylation sites (tertiary alicyclic amines) is 1. The van der Waals surface area contributed by atoms with E-state index in [0.717, 1.165) is 37.2 Å². The predicted octanol–water partition coefficient (Wildman–Crippen LogP) is 0.768. The highest BCUT2D eigenvalue weighted by molar-refractivity contribution is 6.07. The van der Waals surface area contributed by atoms with Gasteiger partial charge >= 0.3 is 0 Å². The van der Waals surface area contributed by atoms with Crippen molar-refractivity contribution in [3.05, 3.63) is 29.8 Å². The van der Waals surface area contributed by atoms with Crippen LogP contribution in [0.3, 0.4) is 0 Å². The Balaban J connectivity index is 1.78. The second kappa shape index (κ2) is 7.23. The average Bonchev–Trinajstić information content (AvgIpc) is 2.86. The number of benzene rings is 1. The fraction of sp³-hybridized carbons (Fsp3) is 0.500. The molecule has 7 heteroatoms. The molecule has 2 aliphatic rings. The van der Waals surface area contributed by atoms with Crippen molar-refractivity contribution in [3.63, 3.8) is 0 Å². The molecule has 0 aromatic heterocycles. The van der Waals surface area contributed by atoms with Gasteiger partial charge < -0.3 is 9.80 Å². The number of rotatable bonds is 3. The van der Waals surface area contributed by atoms with Gasteiger partial charge in [0.25, 0.3) is 0 Å². The molecule has 0 bridgehead atoms. The van der Waals surface area contributed by atoms with Crippen LogP contribution in [0.2, 0.25) is 0 Å². The SMILES string of the molecule is CC(=O)NNC(=O)CC1C(=O)N(C2CCN(C)CC2)c2ccccc21. The van der Waals surface area contributed by atoms with E-state index in [4.69, 9.17) is 0 Å². The van der Waals surface area contributed by atoms with Gasteiger partial charge in [0.15, 0.2) is 0 Å². The molecule has 1 aromatic rings. The van der Waals surface area contributed by atoms with E-state index in [2.05, 4.69) is 22.8 Å². The van der Waals surface area contributed by atoms with Gasteiger partial charge in [-0.15, -0.1) is 0 Å². The summed E-state index contributed by atoms with van der Waals surface area (Å²) < 4.78 is 0. The Bertz CT molecular complexity index is 683. The summed E-state index contributed by atoms with van der Waals surface area (Å²) in [7, 11) is 2.09. The van der Waals surface area contributed by atoms with Gasteiger partial charge in [0.1, 0.15) is 0 Å². The highest BCUT2D eigenvalue weighted by atomic mass is 16.2. The zero-order valence-corrected chi connectivity index (χ0v) is 14.6. The number of para-hydroxylation sites is 1. The van der Waals surface area contributed by atoms with Crippen molar-refractivity contribution in [1.82, 2.24) is 15.8 Å². The maximum atomic E-state index is 13.1. The lowest BCUT2D eigenvalue weighted by Crippen LogP contribution is -2.46. The molecule has 2 aliphatic heterocycles. The highest BCUT2D eigenvalue weighted by Crippen LogP contribution is 2.41. The second-order valence-corrected chi connectivity index (χ2v) is 6.79. The number of hydrogen-bond acceptors (Lipinski definition) is 4. The minimum absolute atomic E-state index is 0.0197. The molecule has 2 heterocycles. The molecule has 7 nitrogen and oxygen atoms in total. The average molecular weight is 344 g/mol. The predicted molar refractivity (Wildman–Crippen MR) is 93.8 cm³/mol. The van der Waals surface area contributed by atoms with Gasteiger partial charge in [-0.1, -0.05) is 18.2 Å². The van der Waals surface area contributed by atoms with E-state index in [9.17, 15) is 14.4 Å². The number of piperidine rings is 1. The van der Waals surface area contributed by atoms with Crippen molar-refractivity contribution in [2.75, 3.05) is 25.0 Å². The van der Waals surface area contributed by atoms with Gasteiger partial charge in [-0.2, -0.15) is 0 Å². The maximum Gasteiger partial charge on any atom is 0.239 e. The first-order valence-corrected chi connectivity index (χ1v) is 8.63. The Kier molecular flexibility index (Phi) is 5.03. The summed E-state index contributed by atoms with van der Waals surface area (Å²) in [5.41, 5.74) is 6.42. The summed E-state index contributed by atoms with van der Waals surface area (Å²) in [5.74, 6) is -1.23. The molecule has 3 amide bonds. The van der Waals surface area contributed by atoms with E-state index in [0.29, 0.717) is 0 Å². The Morgan fingerprint density at radius 1 is 1.16 bits per heavy atom. The zero-order valence-electron chi connectivity index (χ0n) is 14.6. The Hall–Kier alpha value is -2.41. The van der Waals surface area contributed by atoms with Gasteiger partial charge in [-0.25, -0.2) is 0 Å². The number of nitrogens with zero attached hydrogens (tertiary/aromatic N) is 2. The third-order valence-corrected chi connectivity index (χ3v) is 4.93. The van der Waals surface area contributed by atoms with Crippen molar-refractivity contribution >= 4 is 23.4 Å². The lowest BCUT2D eigenvalue weighted by atomic mass is 9.97. The van der Waals surface area contributed by atoms with Gasteiger partial charge in [-0.3, -0.25) is 25.2 Å². The molecular weight excluding hydrogens is 320 g/mol. The molecule has 2 N–H and O–H groups in total. The molecule has 0 radical (unpaired) electrons. The Morgan fingerprint density at radius 2 is 1.84 bits per heavy atom. The molecule has 0 saturated carbocycles. The quantitative estimate of drug-likeness (QED) is 0.794. The standard InChI is InChI=1S/C18H24N4O3/c1-12(23)19-20-17(24)11-15-14-5-3-4-6-16(14)22(18(15)25)13-7-9-21(2)10-8-13/h3-6,13,15H,7-11H2,1-2H3,(H,19,23)(H,20,24). The molecule has 25 heavy (non-hydrogen) atoms. The fourth-order valence-electron chi connectivity index (χ4n) is 3.64. The number of carbonyl (C=O) groups excluding carboxylic acids is 3. The van der Waals surface area contributed by atoms with Crippen molar-refractivity contribution in [3.8, 4) is 0 Å². The molecule has 1 saturated heterocycles. The van der Waals surface area contributed by atoms with Crippen LogP contribution in [-0.2, 0) is 14.4 Å². The van der Waals surface area contributed by atoms with E-state index in [1.165, 1.54) is 6.92 Å². The topological polar surface area (TPSA) is 81.8 Å². The van der Waals surface area contributed by atoms with Crippen LogP contribution >= 0.6 is 0 Å². The lowest BCUT2D eigenvalue weighted by Gasteiger charge is -2.35. The summed E-state index contributed by atoms with van der Waals surface area (Å²) >= 11 is 0. The largest absolute Gasteiger partial charge is 0.308 e. The van der Waals surface area contributed by atoms with Crippen LogP contribution in [0.25, 0.3) is 0 Å². The first kappa shape index (κ1) is 17.4. The van der Waals surface area contributed by atoms with Crippen LogP contribution in [0.4, 0.5) is 5.69 Å². The van der Waals surface area contributed by atoms with Crippen LogP contribution in [0.5, 0.6) is 0 Å². The number of nitrogens with one attached hydrogen (secondary N) is 2. The molecule has 1 fully saturated rings. The number of hydrazine groups is 1. The highest BCUT2D eigenvalue weighted by Gasteiger charge is 2.41. The van der Waals surface area contributed by atoms with Gasteiger partial charge in [-0.05, 0) is 44.6 Å². The monoisotopic (exact) mass is 344 g/mol. The van der Waals surface area contributed by atoms with Crippen molar-refractivity contribution in [2.45, 2.75) is 38.1 Å². The van der Waals surface area contributed by atoms with E-state index in [1.807, 2.05) is 29.2 Å². The van der Waals surface area contributed by atoms with Crippen LogP contribution in [-0.4, -0.2) is 48.8 Å². The maximum absolute atomic E-state index is 13.1. The normalized spacial score (nSPS) is 21.1. The van der Waals surface area contributed by atoms with Crippen LogP contribution < -0.4 is 15.8 Å². The molecular formula is C18H24N4O3.